The highest BCUT2D eigenvalue weighted by Crippen LogP contribution is 2.22. The molecule has 0 aliphatic rings. The third-order valence-corrected chi connectivity index (χ3v) is 2.94. The van der Waals surface area contributed by atoms with E-state index in [4.69, 9.17) is 5.26 Å². The SMILES string of the molecule is N#Cc1ccc(-c2cnc3ccccc3c2)cc1. The van der Waals surface area contributed by atoms with E-state index in [1.807, 2.05) is 48.7 Å². The minimum Gasteiger partial charge on any atom is -0.256 e. The lowest BCUT2D eigenvalue weighted by molar-refractivity contribution is 1.40. The van der Waals surface area contributed by atoms with Gasteiger partial charge in [0.15, 0.2) is 0 Å². The Kier molecular flexibility index (Phi) is 2.51. The normalized spacial score (nSPS) is 10.2. The van der Waals surface area contributed by atoms with Crippen LogP contribution in [0.2, 0.25) is 0 Å². The van der Waals surface area contributed by atoms with Gasteiger partial charge in [0.25, 0.3) is 0 Å². The fourth-order valence-corrected chi connectivity index (χ4v) is 1.97. The van der Waals surface area contributed by atoms with Crippen LogP contribution in [0, 0.1) is 11.3 Å². The Morgan fingerprint density at radius 2 is 1.67 bits per heavy atom. The fraction of sp³-hybridized carbons (Fsp3) is 0. The summed E-state index contributed by atoms with van der Waals surface area (Å²) in [6.07, 6.45) is 1.86. The summed E-state index contributed by atoms with van der Waals surface area (Å²) in [6, 6.07) is 19.8. The number of pyridine rings is 1. The van der Waals surface area contributed by atoms with Gasteiger partial charge in [-0.15, -0.1) is 0 Å². The van der Waals surface area contributed by atoms with E-state index in [-0.39, 0.29) is 0 Å². The molecule has 0 amide bonds. The summed E-state index contributed by atoms with van der Waals surface area (Å²) in [5.74, 6) is 0. The molecule has 2 heteroatoms. The molecule has 18 heavy (non-hydrogen) atoms. The first-order valence-electron chi connectivity index (χ1n) is 5.72. The van der Waals surface area contributed by atoms with Crippen molar-refractivity contribution in [1.82, 2.24) is 4.98 Å². The maximum absolute atomic E-state index is 8.78. The number of hydrogen-bond donors (Lipinski definition) is 0. The Labute approximate surface area is 105 Å². The summed E-state index contributed by atoms with van der Waals surface area (Å²) >= 11 is 0. The predicted molar refractivity (Wildman–Crippen MR) is 71.9 cm³/mol. The standard InChI is InChI=1S/C16H10N2/c17-10-12-5-7-13(8-6-12)15-9-14-3-1-2-4-16(14)18-11-15/h1-9,11H. The number of hydrogen-bond acceptors (Lipinski definition) is 2. The van der Waals surface area contributed by atoms with E-state index in [2.05, 4.69) is 23.2 Å². The third kappa shape index (κ3) is 1.83. The molecule has 3 rings (SSSR count). The van der Waals surface area contributed by atoms with Gasteiger partial charge in [0, 0.05) is 17.1 Å². The molecule has 84 valence electrons. The van der Waals surface area contributed by atoms with Crippen molar-refractivity contribution in [2.45, 2.75) is 0 Å². The molecular formula is C16H10N2. The average molecular weight is 230 g/mol. The van der Waals surface area contributed by atoms with Crippen molar-refractivity contribution >= 4 is 10.9 Å². The first kappa shape index (κ1) is 10.5. The second-order valence-corrected chi connectivity index (χ2v) is 4.11. The van der Waals surface area contributed by atoms with Gasteiger partial charge >= 0.3 is 0 Å². The Hall–Kier alpha value is -2.66. The van der Waals surface area contributed by atoms with Crippen molar-refractivity contribution in [1.29, 1.82) is 5.26 Å². The number of rotatable bonds is 1. The predicted octanol–water partition coefficient (Wildman–Crippen LogP) is 3.77. The second kappa shape index (κ2) is 4.31. The summed E-state index contributed by atoms with van der Waals surface area (Å²) in [4.78, 5) is 4.44. The van der Waals surface area contributed by atoms with E-state index in [1.54, 1.807) is 0 Å². The van der Waals surface area contributed by atoms with Crippen LogP contribution in [0.15, 0.2) is 60.8 Å². The Morgan fingerprint density at radius 3 is 2.44 bits per heavy atom. The lowest BCUT2D eigenvalue weighted by atomic mass is 10.0. The van der Waals surface area contributed by atoms with Gasteiger partial charge in [-0.3, -0.25) is 4.98 Å². The monoisotopic (exact) mass is 230 g/mol. The van der Waals surface area contributed by atoms with Gasteiger partial charge in [0.05, 0.1) is 17.1 Å². The Morgan fingerprint density at radius 1 is 0.889 bits per heavy atom. The maximum Gasteiger partial charge on any atom is 0.0991 e. The number of fused-ring (bicyclic) bond motifs is 1. The van der Waals surface area contributed by atoms with Gasteiger partial charge in [-0.2, -0.15) is 5.26 Å². The molecule has 0 unspecified atom stereocenters. The van der Waals surface area contributed by atoms with Crippen molar-refractivity contribution in [3.8, 4) is 17.2 Å². The van der Waals surface area contributed by atoms with E-state index in [9.17, 15) is 0 Å². The van der Waals surface area contributed by atoms with E-state index in [1.165, 1.54) is 0 Å². The zero-order chi connectivity index (χ0) is 12.4. The van der Waals surface area contributed by atoms with Crippen LogP contribution in [-0.4, -0.2) is 4.98 Å². The van der Waals surface area contributed by atoms with Gasteiger partial charge in [-0.25, -0.2) is 0 Å². The van der Waals surface area contributed by atoms with E-state index >= 15 is 0 Å². The summed E-state index contributed by atoms with van der Waals surface area (Å²) in [5.41, 5.74) is 3.81. The lowest BCUT2D eigenvalue weighted by Gasteiger charge is -2.03. The zero-order valence-electron chi connectivity index (χ0n) is 9.67. The molecule has 1 aromatic heterocycles. The number of benzene rings is 2. The number of aromatic nitrogens is 1. The van der Waals surface area contributed by atoms with Crippen molar-refractivity contribution in [2.24, 2.45) is 0 Å². The molecule has 0 spiro atoms. The van der Waals surface area contributed by atoms with Crippen LogP contribution in [0.4, 0.5) is 0 Å². The molecule has 2 aromatic carbocycles. The molecule has 0 saturated carbocycles. The van der Waals surface area contributed by atoms with Crippen LogP contribution < -0.4 is 0 Å². The number of nitrogens with zero attached hydrogens (tertiary/aromatic N) is 2. The molecule has 0 aliphatic heterocycles. The fourth-order valence-electron chi connectivity index (χ4n) is 1.97. The van der Waals surface area contributed by atoms with Gasteiger partial charge < -0.3 is 0 Å². The first-order valence-corrected chi connectivity index (χ1v) is 5.72. The molecule has 0 atom stereocenters. The van der Waals surface area contributed by atoms with Gasteiger partial charge in [0.2, 0.25) is 0 Å². The van der Waals surface area contributed by atoms with Crippen molar-refractivity contribution in [3.05, 3.63) is 66.4 Å². The zero-order valence-corrected chi connectivity index (χ0v) is 9.67. The summed E-state index contributed by atoms with van der Waals surface area (Å²) in [6.45, 7) is 0. The second-order valence-electron chi connectivity index (χ2n) is 4.11. The van der Waals surface area contributed by atoms with Crippen molar-refractivity contribution < 1.29 is 0 Å². The van der Waals surface area contributed by atoms with Crippen LogP contribution in [0.25, 0.3) is 22.0 Å². The highest BCUT2D eigenvalue weighted by molar-refractivity contribution is 5.83. The molecular weight excluding hydrogens is 220 g/mol. The molecule has 0 bridgehead atoms. The van der Waals surface area contributed by atoms with Crippen LogP contribution in [-0.2, 0) is 0 Å². The third-order valence-electron chi connectivity index (χ3n) is 2.94. The molecule has 0 N–H and O–H groups in total. The number of para-hydroxylation sites is 1. The van der Waals surface area contributed by atoms with Crippen molar-refractivity contribution in [2.75, 3.05) is 0 Å². The summed E-state index contributed by atoms with van der Waals surface area (Å²) in [7, 11) is 0. The molecule has 0 fully saturated rings. The van der Waals surface area contributed by atoms with Gasteiger partial charge in [-0.05, 0) is 29.8 Å². The Balaban J connectivity index is 2.10. The van der Waals surface area contributed by atoms with E-state index in [0.717, 1.165) is 22.0 Å². The van der Waals surface area contributed by atoms with Crippen LogP contribution >= 0.6 is 0 Å². The summed E-state index contributed by atoms with van der Waals surface area (Å²) < 4.78 is 0. The molecule has 0 radical (unpaired) electrons. The molecule has 1 heterocycles. The lowest BCUT2D eigenvalue weighted by Crippen LogP contribution is -1.83. The van der Waals surface area contributed by atoms with Crippen molar-refractivity contribution in [3.63, 3.8) is 0 Å². The van der Waals surface area contributed by atoms with E-state index in [0.29, 0.717) is 5.56 Å². The first-order chi connectivity index (χ1) is 8.86. The van der Waals surface area contributed by atoms with Crippen LogP contribution in [0.5, 0.6) is 0 Å². The molecule has 0 saturated heterocycles. The highest BCUT2D eigenvalue weighted by atomic mass is 14.6. The minimum atomic E-state index is 0.674. The smallest absolute Gasteiger partial charge is 0.0991 e. The largest absolute Gasteiger partial charge is 0.256 e. The molecule has 3 aromatic rings. The average Bonchev–Trinajstić information content (AvgIpc) is 2.47. The topological polar surface area (TPSA) is 36.7 Å². The van der Waals surface area contributed by atoms with E-state index < -0.39 is 0 Å². The Bertz CT molecular complexity index is 737. The maximum atomic E-state index is 8.78. The number of nitriles is 1. The van der Waals surface area contributed by atoms with Crippen LogP contribution in [0.1, 0.15) is 5.56 Å². The van der Waals surface area contributed by atoms with Gasteiger partial charge in [0.1, 0.15) is 0 Å². The molecule has 0 aliphatic carbocycles. The minimum absolute atomic E-state index is 0.674. The highest BCUT2D eigenvalue weighted by Gasteiger charge is 2.00. The summed E-state index contributed by atoms with van der Waals surface area (Å²) in [5, 5.41) is 9.90. The molecule has 2 nitrogen and oxygen atoms in total. The van der Waals surface area contributed by atoms with Gasteiger partial charge in [-0.1, -0.05) is 30.3 Å². The van der Waals surface area contributed by atoms with Crippen LogP contribution in [0.3, 0.4) is 0 Å². The quantitative estimate of drug-likeness (QED) is 0.638.